The Morgan fingerprint density at radius 1 is 1.25 bits per heavy atom. The van der Waals surface area contributed by atoms with Crippen LogP contribution in [0.1, 0.15) is 43.9 Å². The summed E-state index contributed by atoms with van der Waals surface area (Å²) in [6.45, 7) is 8.16. The number of carbonyl (C=O) groups is 2. The monoisotopic (exact) mass is 294 g/mol. The molecule has 1 saturated heterocycles. The fraction of sp³-hybridized carbons (Fsp3) is 0.600. The molecule has 1 atom stereocenters. The van der Waals surface area contributed by atoms with Gasteiger partial charge in [0, 0.05) is 9.75 Å². The van der Waals surface area contributed by atoms with Crippen LogP contribution in [0.3, 0.4) is 0 Å². The molecule has 0 radical (unpaired) electrons. The highest BCUT2D eigenvalue weighted by atomic mass is 32.1. The molecule has 0 aliphatic carbocycles. The van der Waals surface area contributed by atoms with Gasteiger partial charge in [0.05, 0.1) is 6.54 Å². The van der Waals surface area contributed by atoms with Crippen molar-refractivity contribution in [2.45, 2.75) is 58.7 Å². The van der Waals surface area contributed by atoms with E-state index in [0.717, 1.165) is 11.3 Å². The van der Waals surface area contributed by atoms with Crippen molar-refractivity contribution in [2.75, 3.05) is 0 Å². The lowest BCUT2D eigenvalue weighted by Crippen LogP contribution is -2.67. The van der Waals surface area contributed by atoms with Gasteiger partial charge in [-0.05, 0) is 38.8 Å². The number of amides is 2. The van der Waals surface area contributed by atoms with Crippen molar-refractivity contribution in [1.82, 2.24) is 10.2 Å². The lowest BCUT2D eigenvalue weighted by atomic mass is 9.94. The third kappa shape index (κ3) is 2.59. The lowest BCUT2D eigenvalue weighted by molar-refractivity contribution is -0.156. The fourth-order valence-electron chi connectivity index (χ4n) is 2.39. The molecule has 20 heavy (non-hydrogen) atoms. The van der Waals surface area contributed by atoms with Crippen LogP contribution in [0.5, 0.6) is 0 Å². The maximum Gasteiger partial charge on any atom is 0.246 e. The average Bonchev–Trinajstić information content (AvgIpc) is 2.87. The van der Waals surface area contributed by atoms with Crippen molar-refractivity contribution in [3.05, 3.63) is 21.9 Å². The lowest BCUT2D eigenvalue weighted by Gasteiger charge is -2.44. The van der Waals surface area contributed by atoms with Crippen LogP contribution in [-0.2, 0) is 22.6 Å². The molecule has 2 rings (SSSR count). The molecule has 0 bridgehead atoms. The first-order chi connectivity index (χ1) is 9.40. The number of nitrogens with zero attached hydrogens (tertiary/aromatic N) is 1. The largest absolute Gasteiger partial charge is 0.342 e. The normalized spacial score (nSPS) is 22.0. The summed E-state index contributed by atoms with van der Waals surface area (Å²) in [7, 11) is 0. The number of hydrogen-bond donors (Lipinski definition) is 1. The smallest absolute Gasteiger partial charge is 0.246 e. The highest BCUT2D eigenvalue weighted by molar-refractivity contribution is 7.11. The third-order valence-corrected chi connectivity index (χ3v) is 5.10. The highest BCUT2D eigenvalue weighted by Crippen LogP contribution is 2.27. The van der Waals surface area contributed by atoms with Crippen molar-refractivity contribution < 1.29 is 9.59 Å². The molecule has 1 aromatic rings. The average molecular weight is 294 g/mol. The quantitative estimate of drug-likeness (QED) is 0.926. The van der Waals surface area contributed by atoms with E-state index in [1.807, 2.05) is 6.92 Å². The SMILES string of the molecule is CCc1ccc(CN2C(=O)C(CC)NC(=O)C2(C)C)s1. The van der Waals surface area contributed by atoms with Gasteiger partial charge in [0.2, 0.25) is 11.8 Å². The van der Waals surface area contributed by atoms with Crippen molar-refractivity contribution in [1.29, 1.82) is 0 Å². The van der Waals surface area contributed by atoms with Crippen molar-refractivity contribution in [3.8, 4) is 0 Å². The molecule has 0 aromatic carbocycles. The maximum atomic E-state index is 12.5. The van der Waals surface area contributed by atoms with Gasteiger partial charge in [-0.25, -0.2) is 0 Å². The number of hydrogen-bond acceptors (Lipinski definition) is 3. The van der Waals surface area contributed by atoms with Crippen molar-refractivity contribution in [3.63, 3.8) is 0 Å². The second-order valence-electron chi connectivity index (χ2n) is 5.64. The highest BCUT2D eigenvalue weighted by Gasteiger charge is 2.45. The first-order valence-electron chi connectivity index (χ1n) is 7.10. The van der Waals surface area contributed by atoms with Gasteiger partial charge in [-0.2, -0.15) is 0 Å². The van der Waals surface area contributed by atoms with Gasteiger partial charge in [0.1, 0.15) is 11.6 Å². The van der Waals surface area contributed by atoms with E-state index in [-0.39, 0.29) is 17.9 Å². The number of aryl methyl sites for hydroxylation is 1. The minimum atomic E-state index is -0.793. The van der Waals surface area contributed by atoms with E-state index in [1.165, 1.54) is 4.88 Å². The third-order valence-electron chi connectivity index (χ3n) is 3.89. The molecule has 4 nitrogen and oxygen atoms in total. The number of carbonyl (C=O) groups excluding carboxylic acids is 2. The van der Waals surface area contributed by atoms with E-state index in [4.69, 9.17) is 0 Å². The first-order valence-corrected chi connectivity index (χ1v) is 7.91. The van der Waals surface area contributed by atoms with Crippen LogP contribution in [0.15, 0.2) is 12.1 Å². The molecular formula is C15H22N2O2S. The Bertz CT molecular complexity index is 522. The van der Waals surface area contributed by atoms with Gasteiger partial charge >= 0.3 is 0 Å². The van der Waals surface area contributed by atoms with Gasteiger partial charge in [0.25, 0.3) is 0 Å². The summed E-state index contributed by atoms with van der Waals surface area (Å²) in [5.74, 6) is -0.0558. The Morgan fingerprint density at radius 2 is 1.90 bits per heavy atom. The summed E-state index contributed by atoms with van der Waals surface area (Å²) in [5, 5.41) is 2.81. The molecule has 1 aliphatic rings. The number of rotatable bonds is 4. The Hall–Kier alpha value is -1.36. The second-order valence-corrected chi connectivity index (χ2v) is 6.89. The zero-order valence-electron chi connectivity index (χ0n) is 12.5. The summed E-state index contributed by atoms with van der Waals surface area (Å²) in [6.07, 6.45) is 1.63. The zero-order chi connectivity index (χ0) is 14.9. The molecule has 5 heteroatoms. The molecule has 1 aliphatic heterocycles. The van der Waals surface area contributed by atoms with E-state index in [0.29, 0.717) is 13.0 Å². The van der Waals surface area contributed by atoms with E-state index < -0.39 is 5.54 Å². The van der Waals surface area contributed by atoms with Crippen molar-refractivity contribution in [2.24, 2.45) is 0 Å². The van der Waals surface area contributed by atoms with Gasteiger partial charge in [-0.15, -0.1) is 11.3 Å². The summed E-state index contributed by atoms with van der Waals surface area (Å²) in [6, 6.07) is 3.76. The molecule has 2 amide bonds. The molecule has 110 valence electrons. The summed E-state index contributed by atoms with van der Waals surface area (Å²) in [5.41, 5.74) is -0.793. The van der Waals surface area contributed by atoms with Gasteiger partial charge in [0.15, 0.2) is 0 Å². The van der Waals surface area contributed by atoms with Crippen LogP contribution in [0.4, 0.5) is 0 Å². The zero-order valence-corrected chi connectivity index (χ0v) is 13.3. The van der Waals surface area contributed by atoms with Crippen LogP contribution in [0, 0.1) is 0 Å². The molecule has 0 spiro atoms. The van der Waals surface area contributed by atoms with Gasteiger partial charge < -0.3 is 10.2 Å². The van der Waals surface area contributed by atoms with Gasteiger partial charge in [-0.3, -0.25) is 9.59 Å². The second kappa shape index (κ2) is 5.56. The fourth-order valence-corrected chi connectivity index (χ4v) is 3.34. The predicted octanol–water partition coefficient (Wildman–Crippen LogP) is 2.33. The van der Waals surface area contributed by atoms with Crippen molar-refractivity contribution >= 4 is 23.2 Å². The standard InChI is InChI=1S/C15H22N2O2S/c1-5-10-7-8-11(20-10)9-17-13(18)12(6-2)16-14(19)15(17,3)4/h7-8,12H,5-6,9H2,1-4H3,(H,16,19). The first kappa shape index (κ1) is 15.0. The Balaban J connectivity index is 2.25. The van der Waals surface area contributed by atoms with E-state index in [1.54, 1.807) is 30.1 Å². The minimum absolute atomic E-state index is 0.0172. The van der Waals surface area contributed by atoms with E-state index in [9.17, 15) is 9.59 Å². The maximum absolute atomic E-state index is 12.5. The van der Waals surface area contributed by atoms with Crippen LogP contribution in [0.25, 0.3) is 0 Å². The number of piperazine rings is 1. The molecule has 1 N–H and O–H groups in total. The van der Waals surface area contributed by atoms with E-state index in [2.05, 4.69) is 24.4 Å². The molecule has 1 fully saturated rings. The van der Waals surface area contributed by atoms with Crippen LogP contribution in [-0.4, -0.2) is 28.3 Å². The molecular weight excluding hydrogens is 272 g/mol. The Kier molecular flexibility index (Phi) is 4.18. The van der Waals surface area contributed by atoms with Crippen LogP contribution < -0.4 is 5.32 Å². The van der Waals surface area contributed by atoms with Crippen LogP contribution in [0.2, 0.25) is 0 Å². The van der Waals surface area contributed by atoms with Gasteiger partial charge in [-0.1, -0.05) is 13.8 Å². The Labute approximate surface area is 124 Å². The predicted molar refractivity (Wildman–Crippen MR) is 80.5 cm³/mol. The molecule has 1 aromatic heterocycles. The Morgan fingerprint density at radius 3 is 2.45 bits per heavy atom. The summed E-state index contributed by atoms with van der Waals surface area (Å²) in [4.78, 5) is 28.9. The summed E-state index contributed by atoms with van der Waals surface area (Å²) >= 11 is 1.71. The topological polar surface area (TPSA) is 49.4 Å². The molecule has 1 unspecified atom stereocenters. The van der Waals surface area contributed by atoms with E-state index >= 15 is 0 Å². The molecule has 2 heterocycles. The van der Waals surface area contributed by atoms with Crippen LogP contribution >= 0.6 is 11.3 Å². The minimum Gasteiger partial charge on any atom is -0.342 e. The number of thiophene rings is 1. The molecule has 0 saturated carbocycles. The summed E-state index contributed by atoms with van der Waals surface area (Å²) < 4.78 is 0. The number of nitrogens with one attached hydrogen (secondary N) is 1.